The average Bonchev–Trinajstić information content (AvgIpc) is 3.43. The van der Waals surface area contributed by atoms with Crippen molar-refractivity contribution in [2.24, 2.45) is 5.92 Å². The van der Waals surface area contributed by atoms with Crippen LogP contribution in [0.3, 0.4) is 0 Å². The highest BCUT2D eigenvalue weighted by molar-refractivity contribution is 7.89. The van der Waals surface area contributed by atoms with E-state index in [0.29, 0.717) is 25.6 Å². The number of carbonyl (C=O) groups excluding carboxylic acids is 3. The van der Waals surface area contributed by atoms with Gasteiger partial charge < -0.3 is 29.0 Å². The first kappa shape index (κ1) is 32.9. The van der Waals surface area contributed by atoms with E-state index >= 15 is 0 Å². The van der Waals surface area contributed by atoms with Gasteiger partial charge in [0.05, 0.1) is 24.7 Å². The lowest BCUT2D eigenvalue weighted by molar-refractivity contribution is -0.142. The lowest BCUT2D eigenvalue weighted by atomic mass is 9.92. The highest BCUT2D eigenvalue weighted by atomic mass is 32.2. The van der Waals surface area contributed by atoms with E-state index in [0.717, 1.165) is 39.2 Å². The molecule has 14 heteroatoms. The van der Waals surface area contributed by atoms with Gasteiger partial charge in [-0.15, -0.1) is 0 Å². The van der Waals surface area contributed by atoms with Crippen molar-refractivity contribution in [2.75, 3.05) is 33.4 Å². The van der Waals surface area contributed by atoms with Gasteiger partial charge in [-0.25, -0.2) is 13.2 Å². The van der Waals surface area contributed by atoms with E-state index in [1.807, 2.05) is 20.8 Å². The Morgan fingerprint density at radius 1 is 1.12 bits per heavy atom. The number of methoxy groups -OCH3 is 1. The number of hydrogen-bond acceptors (Lipinski definition) is 10. The summed E-state index contributed by atoms with van der Waals surface area (Å²) in [6.07, 6.45) is 4.36. The Kier molecular flexibility index (Phi) is 11.7. The molecule has 3 rings (SSSR count). The van der Waals surface area contributed by atoms with Crippen LogP contribution in [-0.2, 0) is 24.3 Å². The van der Waals surface area contributed by atoms with Gasteiger partial charge in [-0.3, -0.25) is 9.59 Å². The molecule has 42 heavy (non-hydrogen) atoms. The third-order valence-corrected chi connectivity index (χ3v) is 8.03. The van der Waals surface area contributed by atoms with E-state index in [1.165, 1.54) is 18.2 Å². The van der Waals surface area contributed by atoms with Crippen molar-refractivity contribution >= 4 is 28.0 Å². The lowest BCUT2D eigenvalue weighted by Gasteiger charge is -2.33. The maximum absolute atomic E-state index is 12.6. The van der Waals surface area contributed by atoms with E-state index in [1.54, 1.807) is 23.1 Å². The van der Waals surface area contributed by atoms with Crippen molar-refractivity contribution in [3.63, 3.8) is 0 Å². The number of ether oxygens (including phenoxy) is 3. The molecule has 0 bridgehead atoms. The number of benzene rings is 1. The Balaban J connectivity index is 1.37. The molecule has 0 unspecified atom stereocenters. The van der Waals surface area contributed by atoms with Gasteiger partial charge in [0.1, 0.15) is 11.6 Å². The van der Waals surface area contributed by atoms with Crippen LogP contribution >= 0.6 is 0 Å². The summed E-state index contributed by atoms with van der Waals surface area (Å²) in [5, 5.41) is 6.19. The van der Waals surface area contributed by atoms with Crippen LogP contribution in [0.1, 0.15) is 63.4 Å². The first-order valence-corrected chi connectivity index (χ1v) is 15.4. The normalized spacial score (nSPS) is 15.1. The third kappa shape index (κ3) is 10.3. The van der Waals surface area contributed by atoms with E-state index in [2.05, 4.69) is 19.9 Å². The van der Waals surface area contributed by atoms with Crippen molar-refractivity contribution in [3.05, 3.63) is 42.2 Å². The van der Waals surface area contributed by atoms with Gasteiger partial charge in [0, 0.05) is 19.6 Å². The zero-order chi connectivity index (χ0) is 30.8. The highest BCUT2D eigenvalue weighted by Gasteiger charge is 2.28. The minimum absolute atomic E-state index is 0.0363. The Morgan fingerprint density at radius 2 is 1.81 bits per heavy atom. The van der Waals surface area contributed by atoms with Crippen LogP contribution in [-0.4, -0.2) is 81.4 Å². The monoisotopic (exact) mass is 608 g/mol. The molecule has 1 saturated heterocycles. The lowest BCUT2D eigenvalue weighted by Crippen LogP contribution is -2.48. The minimum atomic E-state index is -4.04. The molecule has 1 aromatic carbocycles. The molecule has 1 aromatic heterocycles. The second-order valence-corrected chi connectivity index (χ2v) is 12.7. The van der Waals surface area contributed by atoms with Crippen LogP contribution < -0.4 is 14.8 Å². The van der Waals surface area contributed by atoms with Gasteiger partial charge in [-0.2, -0.15) is 4.72 Å². The number of esters is 1. The highest BCUT2D eigenvalue weighted by Crippen LogP contribution is 2.24. The van der Waals surface area contributed by atoms with Gasteiger partial charge in [-0.05, 0) is 69.7 Å². The number of aromatic nitrogens is 1. The zero-order valence-corrected chi connectivity index (χ0v) is 25.3. The predicted molar refractivity (Wildman–Crippen MR) is 151 cm³/mol. The topological polar surface area (TPSA) is 166 Å². The molecule has 1 fully saturated rings. The van der Waals surface area contributed by atoms with Crippen molar-refractivity contribution in [1.82, 2.24) is 20.1 Å². The second-order valence-electron chi connectivity index (χ2n) is 11.0. The van der Waals surface area contributed by atoms with E-state index in [-0.39, 0.29) is 29.2 Å². The summed E-state index contributed by atoms with van der Waals surface area (Å²) in [7, 11) is -2.92. The number of sulfonamides is 1. The van der Waals surface area contributed by atoms with Crippen LogP contribution in [0.4, 0.5) is 4.79 Å². The fourth-order valence-electron chi connectivity index (χ4n) is 4.33. The number of likely N-dealkylation sites (tertiary alicyclic amines) is 1. The molecule has 2 N–H and O–H groups in total. The maximum atomic E-state index is 12.6. The Bertz CT molecular complexity index is 1280. The number of nitrogens with zero attached hydrogens (tertiary/aromatic N) is 2. The van der Waals surface area contributed by atoms with Crippen LogP contribution in [0.25, 0.3) is 0 Å². The van der Waals surface area contributed by atoms with Gasteiger partial charge in [0.2, 0.25) is 15.8 Å². The van der Waals surface area contributed by atoms with E-state index in [9.17, 15) is 22.8 Å². The molecule has 232 valence electrons. The second kappa shape index (κ2) is 15.0. The van der Waals surface area contributed by atoms with Crippen molar-refractivity contribution in [1.29, 1.82) is 0 Å². The number of hydrogen-bond donors (Lipinski definition) is 2. The first-order valence-electron chi connectivity index (χ1n) is 13.9. The summed E-state index contributed by atoms with van der Waals surface area (Å²) in [6, 6.07) is 7.47. The molecule has 0 radical (unpaired) electrons. The van der Waals surface area contributed by atoms with E-state index in [4.69, 9.17) is 14.0 Å². The maximum Gasteiger partial charge on any atom is 0.410 e. The van der Waals surface area contributed by atoms with E-state index < -0.39 is 33.5 Å². The standard InChI is InChI=1S/C28H40N4O9S/c1-28(2,3)40-27(35)32-15-13-20(14-16-32)10-8-9-17-39-24-18-23(41-30-24)25(33)29-19-22(26(34)38-4)31-42(36,37)21-11-6-5-7-12-21/h5-7,11-12,18,20,22,31H,8-10,13-17,19H2,1-4H3,(H,29,33)/t22-/m0/s1. The summed E-state index contributed by atoms with van der Waals surface area (Å²) in [6.45, 7) is 6.97. The molecule has 1 atom stereocenters. The minimum Gasteiger partial charge on any atom is -0.475 e. The van der Waals surface area contributed by atoms with Crippen LogP contribution in [0, 0.1) is 5.92 Å². The van der Waals surface area contributed by atoms with Gasteiger partial charge in [0.25, 0.3) is 11.8 Å². The summed E-state index contributed by atoms with van der Waals surface area (Å²) in [5.74, 6) is -1.05. The van der Waals surface area contributed by atoms with Gasteiger partial charge in [-0.1, -0.05) is 24.6 Å². The quantitative estimate of drug-likeness (QED) is 0.255. The Labute approximate surface area is 246 Å². The molecular weight excluding hydrogens is 568 g/mol. The summed E-state index contributed by atoms with van der Waals surface area (Å²) < 4.78 is 48.2. The van der Waals surface area contributed by atoms with Crippen LogP contribution in [0.15, 0.2) is 45.8 Å². The fraction of sp³-hybridized carbons (Fsp3) is 0.571. The molecule has 2 aromatic rings. The molecule has 0 aliphatic carbocycles. The predicted octanol–water partition coefficient (Wildman–Crippen LogP) is 3.12. The molecule has 2 amide bonds. The summed E-state index contributed by atoms with van der Waals surface area (Å²) >= 11 is 0. The van der Waals surface area contributed by atoms with Crippen LogP contribution in [0.5, 0.6) is 5.88 Å². The summed E-state index contributed by atoms with van der Waals surface area (Å²) in [4.78, 5) is 38.6. The average molecular weight is 609 g/mol. The number of unbranched alkanes of at least 4 members (excludes halogenated alkanes) is 1. The number of nitrogens with one attached hydrogen (secondary N) is 2. The molecule has 0 saturated carbocycles. The largest absolute Gasteiger partial charge is 0.475 e. The zero-order valence-electron chi connectivity index (χ0n) is 24.5. The first-order chi connectivity index (χ1) is 19.9. The fourth-order valence-corrected chi connectivity index (χ4v) is 5.53. The smallest absolute Gasteiger partial charge is 0.410 e. The van der Waals surface area contributed by atoms with Gasteiger partial charge in [0.15, 0.2) is 0 Å². The molecular formula is C28H40N4O9S. The number of piperidine rings is 1. The molecule has 0 spiro atoms. The molecule has 2 heterocycles. The SMILES string of the molecule is COC(=O)[C@H](CNC(=O)c1cc(OCCCCC2CCN(C(=O)OC(C)(C)C)CC2)no1)NS(=O)(=O)c1ccccc1. The third-order valence-electron chi connectivity index (χ3n) is 6.54. The molecule has 13 nitrogen and oxygen atoms in total. The number of rotatable bonds is 13. The van der Waals surface area contributed by atoms with Crippen molar-refractivity contribution in [3.8, 4) is 5.88 Å². The molecule has 1 aliphatic rings. The van der Waals surface area contributed by atoms with Crippen molar-refractivity contribution in [2.45, 2.75) is 69.4 Å². The van der Waals surface area contributed by atoms with Crippen LogP contribution in [0.2, 0.25) is 0 Å². The van der Waals surface area contributed by atoms with Crippen molar-refractivity contribution < 1.29 is 41.5 Å². The summed E-state index contributed by atoms with van der Waals surface area (Å²) in [5.41, 5.74) is -0.499. The number of amides is 2. The Morgan fingerprint density at radius 3 is 2.45 bits per heavy atom. The number of carbonyl (C=O) groups is 3. The van der Waals surface area contributed by atoms with Gasteiger partial charge >= 0.3 is 12.1 Å². The Hall–Kier alpha value is -3.65. The molecule has 1 aliphatic heterocycles.